The number of hydrogen-bond donors (Lipinski definition) is 2. The molecule has 0 bridgehead atoms. The van der Waals surface area contributed by atoms with Crippen LogP contribution in [0.15, 0.2) is 48.5 Å². The highest BCUT2D eigenvalue weighted by molar-refractivity contribution is 6.09. The quantitative estimate of drug-likeness (QED) is 0.614. The molecule has 1 aliphatic rings. The van der Waals surface area contributed by atoms with Gasteiger partial charge < -0.3 is 10.2 Å². The molecule has 0 spiro atoms. The molecule has 0 saturated heterocycles. The lowest BCUT2D eigenvalue weighted by molar-refractivity contribution is 0.0471. The zero-order valence-corrected chi connectivity index (χ0v) is 11.7. The van der Waals surface area contributed by atoms with Gasteiger partial charge in [-0.2, -0.15) is 0 Å². The van der Waals surface area contributed by atoms with Crippen LogP contribution in [0.1, 0.15) is 22.8 Å². The van der Waals surface area contributed by atoms with Crippen LogP contribution >= 0.6 is 0 Å². The topological polar surface area (TPSA) is 40.5 Å². The van der Waals surface area contributed by atoms with Crippen LogP contribution in [0.2, 0.25) is 0 Å². The number of aliphatic hydroxyl groups is 2. The SMILES string of the molecule is Cc1cc2ccccc2c2cc3c(cc12)C=C[C@H](O)[C@H]3O. The third-order valence-corrected chi connectivity index (χ3v) is 4.39. The van der Waals surface area contributed by atoms with Gasteiger partial charge in [0.1, 0.15) is 12.2 Å². The van der Waals surface area contributed by atoms with Crippen LogP contribution in [0.5, 0.6) is 0 Å². The van der Waals surface area contributed by atoms with Crippen molar-refractivity contribution in [1.82, 2.24) is 0 Å². The predicted octanol–water partition coefficient (Wildman–Crippen LogP) is 3.72. The lowest BCUT2D eigenvalue weighted by Gasteiger charge is -2.23. The maximum Gasteiger partial charge on any atom is 0.109 e. The lowest BCUT2D eigenvalue weighted by atomic mass is 9.87. The van der Waals surface area contributed by atoms with Gasteiger partial charge in [-0.05, 0) is 57.3 Å². The van der Waals surface area contributed by atoms with E-state index in [0.717, 1.165) is 16.5 Å². The summed E-state index contributed by atoms with van der Waals surface area (Å²) in [6.45, 7) is 2.11. The third kappa shape index (κ3) is 1.80. The Labute approximate surface area is 123 Å². The number of aryl methyl sites for hydroxylation is 1. The van der Waals surface area contributed by atoms with E-state index in [2.05, 4.69) is 31.2 Å². The Morgan fingerprint density at radius 1 is 0.905 bits per heavy atom. The van der Waals surface area contributed by atoms with Crippen LogP contribution in [0.25, 0.3) is 27.6 Å². The fourth-order valence-corrected chi connectivity index (χ4v) is 3.25. The van der Waals surface area contributed by atoms with Crippen LogP contribution in [-0.2, 0) is 0 Å². The van der Waals surface area contributed by atoms with E-state index in [1.54, 1.807) is 6.08 Å². The Balaban J connectivity index is 2.15. The van der Waals surface area contributed by atoms with Gasteiger partial charge in [0.25, 0.3) is 0 Å². The van der Waals surface area contributed by atoms with Gasteiger partial charge in [-0.1, -0.05) is 42.5 Å². The average Bonchev–Trinajstić information content (AvgIpc) is 2.50. The smallest absolute Gasteiger partial charge is 0.109 e. The Hall–Kier alpha value is -2.16. The Kier molecular flexibility index (Phi) is 2.64. The van der Waals surface area contributed by atoms with Gasteiger partial charge in [-0.3, -0.25) is 0 Å². The van der Waals surface area contributed by atoms with E-state index in [4.69, 9.17) is 0 Å². The average molecular weight is 276 g/mol. The molecule has 1 aliphatic carbocycles. The first-order valence-corrected chi connectivity index (χ1v) is 7.15. The molecule has 2 atom stereocenters. The second kappa shape index (κ2) is 4.42. The monoisotopic (exact) mass is 276 g/mol. The van der Waals surface area contributed by atoms with Crippen LogP contribution in [0, 0.1) is 6.92 Å². The second-order valence-corrected chi connectivity index (χ2v) is 5.74. The highest BCUT2D eigenvalue weighted by Crippen LogP contribution is 2.36. The fraction of sp³-hybridized carbons (Fsp3) is 0.158. The molecule has 0 fully saturated rings. The van der Waals surface area contributed by atoms with Gasteiger partial charge in [0, 0.05) is 0 Å². The highest BCUT2D eigenvalue weighted by Gasteiger charge is 2.23. The first-order valence-electron chi connectivity index (χ1n) is 7.15. The zero-order valence-electron chi connectivity index (χ0n) is 11.7. The van der Waals surface area contributed by atoms with Gasteiger partial charge in [-0.15, -0.1) is 0 Å². The summed E-state index contributed by atoms with van der Waals surface area (Å²) < 4.78 is 0. The van der Waals surface area contributed by atoms with E-state index in [1.807, 2.05) is 24.3 Å². The fourth-order valence-electron chi connectivity index (χ4n) is 3.25. The molecule has 3 aromatic carbocycles. The lowest BCUT2D eigenvalue weighted by Crippen LogP contribution is -2.19. The molecule has 2 heteroatoms. The maximum absolute atomic E-state index is 10.2. The van der Waals surface area contributed by atoms with Crippen molar-refractivity contribution in [3.05, 3.63) is 65.2 Å². The first kappa shape index (κ1) is 12.6. The minimum atomic E-state index is -0.853. The molecule has 4 rings (SSSR count). The van der Waals surface area contributed by atoms with E-state index in [0.29, 0.717) is 0 Å². The molecule has 0 saturated carbocycles. The molecular weight excluding hydrogens is 260 g/mol. The predicted molar refractivity (Wildman–Crippen MR) is 86.2 cm³/mol. The van der Waals surface area contributed by atoms with Crippen molar-refractivity contribution < 1.29 is 10.2 Å². The molecule has 0 heterocycles. The maximum atomic E-state index is 10.2. The second-order valence-electron chi connectivity index (χ2n) is 5.74. The Morgan fingerprint density at radius 2 is 1.71 bits per heavy atom. The van der Waals surface area contributed by atoms with E-state index in [-0.39, 0.29) is 0 Å². The molecule has 2 nitrogen and oxygen atoms in total. The molecule has 2 N–H and O–H groups in total. The largest absolute Gasteiger partial charge is 0.386 e. The molecule has 0 amide bonds. The van der Waals surface area contributed by atoms with Crippen LogP contribution < -0.4 is 0 Å². The number of benzene rings is 3. The summed E-state index contributed by atoms with van der Waals surface area (Å²) in [6, 6.07) is 14.6. The number of aliphatic hydroxyl groups excluding tert-OH is 2. The minimum absolute atomic E-state index is 0.799. The van der Waals surface area contributed by atoms with E-state index < -0.39 is 12.2 Å². The number of fused-ring (bicyclic) bond motifs is 4. The van der Waals surface area contributed by atoms with Crippen molar-refractivity contribution in [1.29, 1.82) is 0 Å². The van der Waals surface area contributed by atoms with Crippen molar-refractivity contribution >= 4 is 27.6 Å². The van der Waals surface area contributed by atoms with Crippen molar-refractivity contribution in [2.45, 2.75) is 19.1 Å². The summed E-state index contributed by atoms with van der Waals surface area (Å²) >= 11 is 0. The Bertz CT molecular complexity index is 893. The van der Waals surface area contributed by atoms with Crippen molar-refractivity contribution in [2.24, 2.45) is 0 Å². The van der Waals surface area contributed by atoms with Crippen LogP contribution in [0.3, 0.4) is 0 Å². The summed E-state index contributed by atoms with van der Waals surface area (Å²) in [5.41, 5.74) is 3.01. The standard InChI is InChI=1S/C19H16O2/c1-11-8-12-4-2-3-5-14(12)17-10-16-13(9-15(11)17)6-7-18(20)19(16)21/h2-10,18-21H,1H3/t18-,19-/m0/s1. The van der Waals surface area contributed by atoms with Gasteiger partial charge in [-0.25, -0.2) is 0 Å². The van der Waals surface area contributed by atoms with Gasteiger partial charge in [0.15, 0.2) is 0 Å². The van der Waals surface area contributed by atoms with E-state index in [9.17, 15) is 10.2 Å². The van der Waals surface area contributed by atoms with Gasteiger partial charge in [0.2, 0.25) is 0 Å². The molecule has 104 valence electrons. The van der Waals surface area contributed by atoms with Crippen LogP contribution in [0.4, 0.5) is 0 Å². The van der Waals surface area contributed by atoms with Crippen molar-refractivity contribution in [3.8, 4) is 0 Å². The van der Waals surface area contributed by atoms with Gasteiger partial charge in [0.05, 0.1) is 0 Å². The summed E-state index contributed by atoms with van der Waals surface area (Å²) in [5, 5.41) is 24.8. The Morgan fingerprint density at radius 3 is 2.57 bits per heavy atom. The minimum Gasteiger partial charge on any atom is -0.386 e. The summed E-state index contributed by atoms with van der Waals surface area (Å²) in [7, 11) is 0. The van der Waals surface area contributed by atoms with Crippen LogP contribution in [-0.4, -0.2) is 16.3 Å². The molecule has 0 radical (unpaired) electrons. The van der Waals surface area contributed by atoms with E-state index >= 15 is 0 Å². The summed E-state index contributed by atoms with van der Waals surface area (Å²) in [4.78, 5) is 0. The number of hydrogen-bond acceptors (Lipinski definition) is 2. The zero-order chi connectivity index (χ0) is 14.6. The molecule has 0 unspecified atom stereocenters. The van der Waals surface area contributed by atoms with E-state index in [1.165, 1.54) is 21.7 Å². The molecular formula is C19H16O2. The molecule has 0 aromatic heterocycles. The van der Waals surface area contributed by atoms with Crippen molar-refractivity contribution in [3.63, 3.8) is 0 Å². The highest BCUT2D eigenvalue weighted by atomic mass is 16.3. The molecule has 21 heavy (non-hydrogen) atoms. The number of rotatable bonds is 0. The summed E-state index contributed by atoms with van der Waals surface area (Å²) in [5.74, 6) is 0. The van der Waals surface area contributed by atoms with Gasteiger partial charge >= 0.3 is 0 Å². The van der Waals surface area contributed by atoms with Crippen molar-refractivity contribution in [2.75, 3.05) is 0 Å². The summed E-state index contributed by atoms with van der Waals surface area (Å²) in [6.07, 6.45) is 1.86. The molecule has 3 aromatic rings. The first-order chi connectivity index (χ1) is 10.1. The normalized spacial score (nSPS) is 20.9. The third-order valence-electron chi connectivity index (χ3n) is 4.39. The molecule has 0 aliphatic heterocycles.